The van der Waals surface area contributed by atoms with Gasteiger partial charge in [-0.05, 0) is 12.1 Å². The van der Waals surface area contributed by atoms with Crippen LogP contribution >= 0.6 is 0 Å². The van der Waals surface area contributed by atoms with Gasteiger partial charge in [0.15, 0.2) is 0 Å². The van der Waals surface area contributed by atoms with E-state index in [1.165, 1.54) is 5.52 Å². The number of pyridine rings is 1. The highest BCUT2D eigenvalue weighted by atomic mass is 15.0. The number of hydrogen-bond donors (Lipinski definition) is 1. The van der Waals surface area contributed by atoms with E-state index >= 15 is 0 Å². The predicted octanol–water partition coefficient (Wildman–Crippen LogP) is 1.03. The van der Waals surface area contributed by atoms with E-state index < -0.39 is 0 Å². The quantitative estimate of drug-likeness (QED) is 0.679. The van der Waals surface area contributed by atoms with Gasteiger partial charge in [-0.1, -0.05) is 0 Å². The monoisotopic (exact) mass is 161 g/mol. The predicted molar refractivity (Wildman–Crippen MR) is 48.6 cm³/mol. The van der Waals surface area contributed by atoms with Crippen LogP contribution in [0, 0.1) is 0 Å². The van der Waals surface area contributed by atoms with Crippen LogP contribution < -0.4 is 5.73 Å². The number of rotatable bonds is 1. The molecule has 2 aromatic rings. The molecule has 2 rings (SSSR count). The van der Waals surface area contributed by atoms with Gasteiger partial charge < -0.3 is 10.3 Å². The van der Waals surface area contributed by atoms with Gasteiger partial charge in [-0.3, -0.25) is 4.98 Å². The number of aromatic nitrogens is 2. The molecule has 12 heavy (non-hydrogen) atoms. The number of aryl methyl sites for hydroxylation is 1. The van der Waals surface area contributed by atoms with Gasteiger partial charge in [0.05, 0.1) is 5.52 Å². The summed E-state index contributed by atoms with van der Waals surface area (Å²) >= 11 is 0. The molecule has 0 unspecified atom stereocenters. The van der Waals surface area contributed by atoms with Gasteiger partial charge in [0.25, 0.3) is 0 Å². The molecule has 0 aromatic carbocycles. The zero-order chi connectivity index (χ0) is 8.55. The van der Waals surface area contributed by atoms with Crippen molar-refractivity contribution in [1.29, 1.82) is 0 Å². The Hall–Kier alpha value is -1.35. The van der Waals surface area contributed by atoms with E-state index in [1.807, 2.05) is 19.3 Å². The summed E-state index contributed by atoms with van der Waals surface area (Å²) in [5, 5.41) is 1.15. The molecule has 0 aliphatic rings. The molecule has 3 heteroatoms. The van der Waals surface area contributed by atoms with E-state index in [0.717, 1.165) is 11.1 Å². The second-order valence-corrected chi connectivity index (χ2v) is 2.83. The summed E-state index contributed by atoms with van der Waals surface area (Å²) in [5.41, 5.74) is 7.90. The largest absolute Gasteiger partial charge is 0.346 e. The number of nitrogens with two attached hydrogens (primary N) is 1. The zero-order valence-corrected chi connectivity index (χ0v) is 6.99. The average Bonchev–Trinajstić information content (AvgIpc) is 2.44. The third-order valence-electron chi connectivity index (χ3n) is 2.15. The summed E-state index contributed by atoms with van der Waals surface area (Å²) in [6.07, 6.45) is 3.65. The third-order valence-corrected chi connectivity index (χ3v) is 2.15. The number of fused-ring (bicyclic) bond motifs is 1. The average molecular weight is 161 g/mol. The van der Waals surface area contributed by atoms with E-state index in [9.17, 15) is 0 Å². The van der Waals surface area contributed by atoms with E-state index in [1.54, 1.807) is 6.20 Å². The Kier molecular flexibility index (Phi) is 1.59. The maximum Gasteiger partial charge on any atom is 0.0511 e. The molecule has 0 spiro atoms. The fraction of sp³-hybridized carbons (Fsp3) is 0.222. The summed E-state index contributed by atoms with van der Waals surface area (Å²) in [7, 11) is 2.02. The van der Waals surface area contributed by atoms with Crippen LogP contribution in [-0.2, 0) is 13.6 Å². The minimum absolute atomic E-state index is 0.575. The first-order chi connectivity index (χ1) is 5.83. The van der Waals surface area contributed by atoms with Crippen molar-refractivity contribution in [3.8, 4) is 0 Å². The Labute approximate surface area is 70.8 Å². The normalized spacial score (nSPS) is 10.8. The van der Waals surface area contributed by atoms with Crippen LogP contribution in [0.25, 0.3) is 10.9 Å². The molecule has 0 aliphatic carbocycles. The molecule has 0 aliphatic heterocycles. The molecule has 0 bridgehead atoms. The van der Waals surface area contributed by atoms with Crippen LogP contribution in [0.15, 0.2) is 24.5 Å². The smallest absolute Gasteiger partial charge is 0.0511 e. The minimum atomic E-state index is 0.575. The van der Waals surface area contributed by atoms with Gasteiger partial charge in [-0.15, -0.1) is 0 Å². The highest BCUT2D eigenvalue weighted by Crippen LogP contribution is 2.16. The lowest BCUT2D eigenvalue weighted by molar-refractivity contribution is 0.849. The lowest BCUT2D eigenvalue weighted by Crippen LogP contribution is -2.02. The van der Waals surface area contributed by atoms with Crippen LogP contribution in [0.1, 0.15) is 5.69 Å². The van der Waals surface area contributed by atoms with Gasteiger partial charge in [-0.2, -0.15) is 0 Å². The molecule has 0 fully saturated rings. The Balaban J connectivity index is 2.78. The Morgan fingerprint density at radius 3 is 3.08 bits per heavy atom. The number of nitrogens with zero attached hydrogens (tertiary/aromatic N) is 2. The second-order valence-electron chi connectivity index (χ2n) is 2.83. The van der Waals surface area contributed by atoms with Crippen molar-refractivity contribution in [2.24, 2.45) is 12.8 Å². The second kappa shape index (κ2) is 2.60. The molecule has 2 heterocycles. The van der Waals surface area contributed by atoms with Crippen molar-refractivity contribution in [2.75, 3.05) is 0 Å². The van der Waals surface area contributed by atoms with Crippen LogP contribution in [0.4, 0.5) is 0 Å². The molecular formula is C9H11N3. The van der Waals surface area contributed by atoms with Crippen LogP contribution in [0.3, 0.4) is 0 Å². The molecule has 0 saturated carbocycles. The van der Waals surface area contributed by atoms with Crippen molar-refractivity contribution >= 4 is 10.9 Å². The topological polar surface area (TPSA) is 43.8 Å². The lowest BCUT2D eigenvalue weighted by Gasteiger charge is -1.99. The first-order valence-corrected chi connectivity index (χ1v) is 3.91. The maximum atomic E-state index is 5.57. The summed E-state index contributed by atoms with van der Waals surface area (Å²) in [6.45, 7) is 0.575. The SMILES string of the molecule is Cn1c(CN)cc2cnccc21. The summed E-state index contributed by atoms with van der Waals surface area (Å²) in [6, 6.07) is 4.07. The molecule has 0 amide bonds. The molecular weight excluding hydrogens is 150 g/mol. The summed E-state index contributed by atoms with van der Waals surface area (Å²) < 4.78 is 2.09. The van der Waals surface area contributed by atoms with Gasteiger partial charge in [0.2, 0.25) is 0 Å². The minimum Gasteiger partial charge on any atom is -0.346 e. The van der Waals surface area contributed by atoms with Gasteiger partial charge in [0, 0.05) is 37.1 Å². The summed E-state index contributed by atoms with van der Waals surface area (Å²) in [4.78, 5) is 4.05. The number of hydrogen-bond acceptors (Lipinski definition) is 2. The van der Waals surface area contributed by atoms with Gasteiger partial charge >= 0.3 is 0 Å². The lowest BCUT2D eigenvalue weighted by atomic mass is 10.3. The first-order valence-electron chi connectivity index (χ1n) is 3.91. The van der Waals surface area contributed by atoms with Crippen LogP contribution in [0.2, 0.25) is 0 Å². The highest BCUT2D eigenvalue weighted by molar-refractivity contribution is 5.80. The van der Waals surface area contributed by atoms with Crippen LogP contribution in [0.5, 0.6) is 0 Å². The highest BCUT2D eigenvalue weighted by Gasteiger charge is 2.02. The van der Waals surface area contributed by atoms with Crippen LogP contribution in [-0.4, -0.2) is 9.55 Å². The fourth-order valence-corrected chi connectivity index (χ4v) is 1.44. The zero-order valence-electron chi connectivity index (χ0n) is 6.99. The molecule has 2 N–H and O–H groups in total. The standard InChI is InChI=1S/C9H11N3/c1-12-8(5-10)4-7-6-11-3-2-9(7)12/h2-4,6H,5,10H2,1H3. The van der Waals surface area contributed by atoms with Crippen molar-refractivity contribution < 1.29 is 0 Å². The molecule has 3 nitrogen and oxygen atoms in total. The van der Waals surface area contributed by atoms with Gasteiger partial charge in [0.1, 0.15) is 0 Å². The van der Waals surface area contributed by atoms with E-state index in [0.29, 0.717) is 6.54 Å². The molecule has 62 valence electrons. The molecule has 0 atom stereocenters. The Morgan fingerprint density at radius 2 is 2.42 bits per heavy atom. The Bertz CT molecular complexity index is 403. The maximum absolute atomic E-state index is 5.57. The van der Waals surface area contributed by atoms with Crippen molar-refractivity contribution in [2.45, 2.75) is 6.54 Å². The summed E-state index contributed by atoms with van der Waals surface area (Å²) in [5.74, 6) is 0. The van der Waals surface area contributed by atoms with E-state index in [-0.39, 0.29) is 0 Å². The molecule has 0 radical (unpaired) electrons. The van der Waals surface area contributed by atoms with Crippen molar-refractivity contribution in [3.05, 3.63) is 30.2 Å². The Morgan fingerprint density at radius 1 is 1.58 bits per heavy atom. The van der Waals surface area contributed by atoms with E-state index in [2.05, 4.69) is 15.6 Å². The van der Waals surface area contributed by atoms with Crippen molar-refractivity contribution in [1.82, 2.24) is 9.55 Å². The molecule has 2 aromatic heterocycles. The fourth-order valence-electron chi connectivity index (χ4n) is 1.44. The van der Waals surface area contributed by atoms with E-state index in [4.69, 9.17) is 5.73 Å². The van der Waals surface area contributed by atoms with Gasteiger partial charge in [-0.25, -0.2) is 0 Å². The molecule has 0 saturated heterocycles. The third kappa shape index (κ3) is 0.905. The first kappa shape index (κ1) is 7.31. The van der Waals surface area contributed by atoms with Crippen molar-refractivity contribution in [3.63, 3.8) is 0 Å².